The van der Waals surface area contributed by atoms with Crippen LogP contribution in [0, 0.1) is 10.1 Å². The predicted molar refractivity (Wildman–Crippen MR) is 103 cm³/mol. The van der Waals surface area contributed by atoms with E-state index >= 15 is 0 Å². The van der Waals surface area contributed by atoms with Crippen LogP contribution in [0.25, 0.3) is 0 Å². The topological polar surface area (TPSA) is 124 Å². The molecule has 9 nitrogen and oxygen atoms in total. The molecule has 0 atom stereocenters. The molecule has 2 aliphatic carbocycles. The predicted octanol–water partition coefficient (Wildman–Crippen LogP) is 2.60. The number of hydrogen-bond acceptors (Lipinski definition) is 7. The van der Waals surface area contributed by atoms with Gasteiger partial charge in [0.2, 0.25) is 0 Å². The third kappa shape index (κ3) is 5.00. The number of carbonyl (C=O) groups excluding carboxylic acids is 2. The van der Waals surface area contributed by atoms with Crippen molar-refractivity contribution >= 4 is 27.4 Å². The first-order valence-electron chi connectivity index (χ1n) is 9.35. The highest BCUT2D eigenvalue weighted by Crippen LogP contribution is 2.34. The van der Waals surface area contributed by atoms with E-state index in [1.165, 1.54) is 0 Å². The zero-order valence-electron chi connectivity index (χ0n) is 16.0. The molecule has 1 saturated carbocycles. The van der Waals surface area contributed by atoms with Gasteiger partial charge in [0, 0.05) is 24.1 Å². The summed E-state index contributed by atoms with van der Waals surface area (Å²) in [7, 11) is -3.83. The maximum absolute atomic E-state index is 12.6. The molecule has 0 heterocycles. The van der Waals surface area contributed by atoms with Crippen LogP contribution >= 0.6 is 0 Å². The Morgan fingerprint density at radius 2 is 2.00 bits per heavy atom. The maximum Gasteiger partial charge on any atom is 0.338 e. The molecular weight excluding hydrogens is 400 g/mol. The zero-order chi connectivity index (χ0) is 21.2. The SMILES string of the molecule is CS(=O)(=O)c1ccc(C(=O)OCC(=O)N(C2=CCCCC2)C2CC2)cc1[N+](=O)[O-]. The molecule has 0 saturated heterocycles. The van der Waals surface area contributed by atoms with Gasteiger partial charge in [-0.15, -0.1) is 0 Å². The number of esters is 1. The Morgan fingerprint density at radius 3 is 2.55 bits per heavy atom. The van der Waals surface area contributed by atoms with Crippen LogP contribution in [-0.2, 0) is 19.4 Å². The second kappa shape index (κ2) is 8.32. The summed E-state index contributed by atoms with van der Waals surface area (Å²) >= 11 is 0. The summed E-state index contributed by atoms with van der Waals surface area (Å²) in [5, 5.41) is 11.2. The highest BCUT2D eigenvalue weighted by molar-refractivity contribution is 7.90. The van der Waals surface area contributed by atoms with Crippen molar-refractivity contribution in [1.82, 2.24) is 4.90 Å². The fourth-order valence-corrected chi connectivity index (χ4v) is 4.18. The maximum atomic E-state index is 12.6. The average Bonchev–Trinajstić information content (AvgIpc) is 3.51. The molecule has 0 N–H and O–H groups in total. The molecule has 1 aromatic carbocycles. The van der Waals surface area contributed by atoms with Crippen molar-refractivity contribution in [3.63, 3.8) is 0 Å². The van der Waals surface area contributed by atoms with Gasteiger partial charge in [-0.1, -0.05) is 6.08 Å². The summed E-state index contributed by atoms with van der Waals surface area (Å²) in [5.74, 6) is -1.24. The normalized spacial score (nSPS) is 16.7. The van der Waals surface area contributed by atoms with Crippen LogP contribution in [0.3, 0.4) is 0 Å². The Morgan fingerprint density at radius 1 is 1.28 bits per heavy atom. The second-order valence-corrected chi connectivity index (χ2v) is 9.21. The number of benzene rings is 1. The number of sulfone groups is 1. The van der Waals surface area contributed by atoms with E-state index in [4.69, 9.17) is 4.74 Å². The molecule has 29 heavy (non-hydrogen) atoms. The van der Waals surface area contributed by atoms with Crippen LogP contribution in [0.4, 0.5) is 5.69 Å². The first-order chi connectivity index (χ1) is 13.7. The van der Waals surface area contributed by atoms with Gasteiger partial charge < -0.3 is 9.64 Å². The third-order valence-corrected chi connectivity index (χ3v) is 6.02. The summed E-state index contributed by atoms with van der Waals surface area (Å²) in [4.78, 5) is 36.5. The van der Waals surface area contributed by atoms with Gasteiger partial charge >= 0.3 is 5.97 Å². The largest absolute Gasteiger partial charge is 0.452 e. The summed E-state index contributed by atoms with van der Waals surface area (Å²) in [6.45, 7) is -0.478. The van der Waals surface area contributed by atoms with Gasteiger partial charge in [-0.2, -0.15) is 0 Å². The second-order valence-electron chi connectivity index (χ2n) is 7.22. The summed E-state index contributed by atoms with van der Waals surface area (Å²) in [6, 6.07) is 3.12. The Hall–Kier alpha value is -2.75. The molecule has 0 spiro atoms. The molecule has 0 aromatic heterocycles. The van der Waals surface area contributed by atoms with E-state index in [0.29, 0.717) is 0 Å². The number of rotatable bonds is 7. The lowest BCUT2D eigenvalue weighted by molar-refractivity contribution is -0.387. The lowest BCUT2D eigenvalue weighted by Gasteiger charge is -2.27. The van der Waals surface area contributed by atoms with Crippen molar-refractivity contribution in [2.45, 2.75) is 49.5 Å². The van der Waals surface area contributed by atoms with Crippen LogP contribution < -0.4 is 0 Å². The summed E-state index contributed by atoms with van der Waals surface area (Å²) in [6.07, 6.45) is 8.56. The molecule has 3 rings (SSSR count). The quantitative estimate of drug-likeness (QED) is 0.376. The Labute approximate surface area is 168 Å². The van der Waals surface area contributed by atoms with E-state index in [9.17, 15) is 28.1 Å². The van der Waals surface area contributed by atoms with Gasteiger partial charge in [-0.3, -0.25) is 14.9 Å². The lowest BCUT2D eigenvalue weighted by Crippen LogP contribution is -2.36. The van der Waals surface area contributed by atoms with Crippen LogP contribution in [-0.4, -0.2) is 49.0 Å². The third-order valence-electron chi connectivity index (χ3n) is 4.87. The number of nitro groups is 1. The Kier molecular flexibility index (Phi) is 6.02. The lowest BCUT2D eigenvalue weighted by atomic mass is 10.0. The fourth-order valence-electron chi connectivity index (χ4n) is 3.35. The molecule has 0 radical (unpaired) electrons. The van der Waals surface area contributed by atoms with E-state index in [0.717, 1.165) is 68.7 Å². The van der Waals surface area contributed by atoms with Crippen LogP contribution in [0.2, 0.25) is 0 Å². The minimum Gasteiger partial charge on any atom is -0.452 e. The van der Waals surface area contributed by atoms with Crippen LogP contribution in [0.5, 0.6) is 0 Å². The van der Waals surface area contributed by atoms with E-state index in [1.807, 2.05) is 0 Å². The number of carbonyl (C=O) groups is 2. The minimum atomic E-state index is -3.83. The van der Waals surface area contributed by atoms with E-state index < -0.39 is 37.9 Å². The smallest absolute Gasteiger partial charge is 0.338 e. The molecule has 156 valence electrons. The van der Waals surface area contributed by atoms with Crippen molar-refractivity contribution in [3.05, 3.63) is 45.6 Å². The monoisotopic (exact) mass is 422 g/mol. The minimum absolute atomic E-state index is 0.140. The van der Waals surface area contributed by atoms with Crippen LogP contribution in [0.1, 0.15) is 48.9 Å². The molecule has 1 amide bonds. The molecular formula is C19H22N2O7S. The molecule has 0 unspecified atom stereocenters. The van der Waals surface area contributed by atoms with Gasteiger partial charge in [0.1, 0.15) is 4.90 Å². The Bertz CT molecular complexity index is 980. The van der Waals surface area contributed by atoms with Gasteiger partial charge in [-0.25, -0.2) is 13.2 Å². The summed E-state index contributed by atoms with van der Waals surface area (Å²) < 4.78 is 28.4. The molecule has 1 aromatic rings. The standard InChI is InChI=1S/C19H22N2O7S/c1-29(26,27)17-10-7-13(11-16(17)21(24)25)19(23)28-12-18(22)20(15-8-9-15)14-5-3-2-4-6-14/h5,7,10-11,15H,2-4,6,8-9,12H2,1H3. The summed E-state index contributed by atoms with van der Waals surface area (Å²) in [5.41, 5.74) is 0.0694. The first kappa shape index (κ1) is 21.0. The highest BCUT2D eigenvalue weighted by Gasteiger charge is 2.35. The fraction of sp³-hybridized carbons (Fsp3) is 0.474. The van der Waals surface area contributed by atoms with Gasteiger partial charge in [0.15, 0.2) is 16.4 Å². The van der Waals surface area contributed by atoms with Gasteiger partial charge in [0.25, 0.3) is 11.6 Å². The van der Waals surface area contributed by atoms with Gasteiger partial charge in [-0.05, 0) is 50.7 Å². The number of nitrogens with zero attached hydrogens (tertiary/aromatic N) is 2. The van der Waals surface area contributed by atoms with Crippen molar-refractivity contribution in [1.29, 1.82) is 0 Å². The van der Waals surface area contributed by atoms with Crippen LogP contribution in [0.15, 0.2) is 34.9 Å². The molecule has 1 fully saturated rings. The van der Waals surface area contributed by atoms with Crippen molar-refractivity contribution in [2.24, 2.45) is 0 Å². The number of ether oxygens (including phenoxy) is 1. The van der Waals surface area contributed by atoms with E-state index in [2.05, 4.69) is 6.08 Å². The van der Waals surface area contributed by atoms with E-state index in [1.54, 1.807) is 4.90 Å². The first-order valence-corrected chi connectivity index (χ1v) is 11.2. The zero-order valence-corrected chi connectivity index (χ0v) is 16.8. The Balaban J connectivity index is 1.71. The molecule has 0 bridgehead atoms. The molecule has 2 aliphatic rings. The van der Waals surface area contributed by atoms with Crippen molar-refractivity contribution in [3.8, 4) is 0 Å². The van der Waals surface area contributed by atoms with E-state index in [-0.39, 0.29) is 17.5 Å². The average molecular weight is 422 g/mol. The highest BCUT2D eigenvalue weighted by atomic mass is 32.2. The number of hydrogen-bond donors (Lipinski definition) is 0. The molecule has 10 heteroatoms. The van der Waals surface area contributed by atoms with Gasteiger partial charge in [0.05, 0.1) is 10.5 Å². The van der Waals surface area contributed by atoms with Crippen molar-refractivity contribution < 1.29 is 27.7 Å². The van der Waals surface area contributed by atoms with Crippen molar-refractivity contribution in [2.75, 3.05) is 12.9 Å². The number of nitro benzene ring substituents is 1. The molecule has 0 aliphatic heterocycles. The number of allylic oxidation sites excluding steroid dienone is 2. The number of amides is 1.